The van der Waals surface area contributed by atoms with Gasteiger partial charge in [-0.05, 0) is 19.8 Å². The second-order valence-corrected chi connectivity index (χ2v) is 8.06. The molecule has 0 aliphatic heterocycles. The molecule has 0 bridgehead atoms. The minimum Gasteiger partial charge on any atom is -0.386 e. The molecule has 4 rings (SSSR count). The Morgan fingerprint density at radius 1 is 1.38 bits per heavy atom. The van der Waals surface area contributed by atoms with Gasteiger partial charge < -0.3 is 14.3 Å². The highest BCUT2D eigenvalue weighted by Crippen LogP contribution is 2.28. The van der Waals surface area contributed by atoms with Crippen LogP contribution in [0, 0.1) is 19.3 Å². The van der Waals surface area contributed by atoms with Crippen LogP contribution >= 0.6 is 11.3 Å². The van der Waals surface area contributed by atoms with Crippen molar-refractivity contribution in [2.24, 2.45) is 0 Å². The highest BCUT2D eigenvalue weighted by Gasteiger charge is 2.31. The summed E-state index contributed by atoms with van der Waals surface area (Å²) in [4.78, 5) is 28.9. The van der Waals surface area contributed by atoms with E-state index >= 15 is 0 Å². The molecule has 0 spiro atoms. The molecule has 1 aliphatic carbocycles. The Balaban J connectivity index is 1.48. The van der Waals surface area contributed by atoms with E-state index in [1.54, 1.807) is 6.07 Å². The molecule has 1 amide bonds. The molecule has 1 aliphatic rings. The van der Waals surface area contributed by atoms with Gasteiger partial charge in [0, 0.05) is 11.4 Å². The van der Waals surface area contributed by atoms with Crippen molar-refractivity contribution in [2.45, 2.75) is 51.1 Å². The number of aromatic nitrogens is 4. The van der Waals surface area contributed by atoms with Crippen molar-refractivity contribution in [3.63, 3.8) is 0 Å². The number of aryl methyl sites for hydroxylation is 1. The average Bonchev–Trinajstić information content (AvgIpc) is 3.43. The van der Waals surface area contributed by atoms with E-state index in [0.717, 1.165) is 41.8 Å². The average molecular weight is 413 g/mol. The molecule has 0 radical (unpaired) electrons. The Morgan fingerprint density at radius 2 is 2.17 bits per heavy atom. The van der Waals surface area contributed by atoms with Crippen molar-refractivity contribution in [3.05, 3.63) is 27.0 Å². The van der Waals surface area contributed by atoms with E-state index in [4.69, 9.17) is 15.4 Å². The molecular weight excluding hydrogens is 394 g/mol. The number of carbonyl (C=O) groups excluding carboxylic acids is 1. The number of amides is 1. The van der Waals surface area contributed by atoms with Gasteiger partial charge in [-0.3, -0.25) is 4.79 Å². The van der Waals surface area contributed by atoms with E-state index in [1.165, 1.54) is 11.3 Å². The summed E-state index contributed by atoms with van der Waals surface area (Å²) in [7, 11) is 0. The van der Waals surface area contributed by atoms with Gasteiger partial charge in [-0.25, -0.2) is 9.78 Å². The second kappa shape index (κ2) is 7.67. The van der Waals surface area contributed by atoms with Crippen LogP contribution in [0.2, 0.25) is 0 Å². The van der Waals surface area contributed by atoms with Gasteiger partial charge in [-0.2, -0.15) is 4.68 Å². The fourth-order valence-electron chi connectivity index (χ4n) is 3.39. The predicted octanol–water partition coefficient (Wildman–Crippen LogP) is 2.38. The van der Waals surface area contributed by atoms with Crippen molar-refractivity contribution in [3.8, 4) is 35.4 Å². The van der Waals surface area contributed by atoms with E-state index in [-0.39, 0.29) is 24.0 Å². The van der Waals surface area contributed by atoms with Crippen LogP contribution in [-0.2, 0) is 11.3 Å². The summed E-state index contributed by atoms with van der Waals surface area (Å²) in [5, 5.41) is 13.5. The fourth-order valence-corrected chi connectivity index (χ4v) is 3.99. The molecule has 1 saturated carbocycles. The lowest BCUT2D eigenvalue weighted by atomic mass is 9.82. The van der Waals surface area contributed by atoms with Gasteiger partial charge in [-0.1, -0.05) is 30.3 Å². The third kappa shape index (κ3) is 4.00. The zero-order valence-corrected chi connectivity index (χ0v) is 16.6. The maximum Gasteiger partial charge on any atom is 0.437 e. The summed E-state index contributed by atoms with van der Waals surface area (Å²) in [6.07, 6.45) is 10.1. The lowest BCUT2D eigenvalue weighted by molar-refractivity contribution is -0.123. The van der Waals surface area contributed by atoms with Crippen molar-refractivity contribution in [1.82, 2.24) is 25.2 Å². The van der Waals surface area contributed by atoms with E-state index in [2.05, 4.69) is 26.5 Å². The van der Waals surface area contributed by atoms with Crippen LogP contribution in [0.3, 0.4) is 0 Å². The van der Waals surface area contributed by atoms with Crippen LogP contribution < -0.4 is 11.1 Å². The van der Waals surface area contributed by atoms with E-state index in [9.17, 15) is 9.59 Å². The van der Waals surface area contributed by atoms with Gasteiger partial charge in [0.05, 0.1) is 5.01 Å². The van der Waals surface area contributed by atoms with Crippen LogP contribution in [-0.4, -0.2) is 31.4 Å². The maximum absolute atomic E-state index is 12.4. The highest BCUT2D eigenvalue weighted by atomic mass is 32.1. The third-order valence-electron chi connectivity index (χ3n) is 4.86. The van der Waals surface area contributed by atoms with Crippen molar-refractivity contribution < 1.29 is 13.7 Å². The zero-order valence-electron chi connectivity index (χ0n) is 15.8. The monoisotopic (exact) mass is 413 g/mol. The number of thiazole rings is 1. The van der Waals surface area contributed by atoms with Gasteiger partial charge in [0.1, 0.15) is 17.8 Å². The van der Waals surface area contributed by atoms with E-state index < -0.39 is 11.3 Å². The summed E-state index contributed by atoms with van der Waals surface area (Å²) in [6, 6.07) is 1.58. The Labute approximate surface area is 170 Å². The normalized spacial score (nSPS) is 15.7. The lowest BCUT2D eigenvalue weighted by Crippen LogP contribution is -2.50. The highest BCUT2D eigenvalue weighted by molar-refractivity contribution is 7.09. The van der Waals surface area contributed by atoms with Gasteiger partial charge in [-0.15, -0.1) is 22.9 Å². The minimum absolute atomic E-state index is 0.0333. The molecule has 0 saturated heterocycles. The summed E-state index contributed by atoms with van der Waals surface area (Å²) in [5.74, 6) is 1.97. The zero-order chi connectivity index (χ0) is 20.4. The van der Waals surface area contributed by atoms with E-state index in [1.807, 2.05) is 12.3 Å². The number of carbonyl (C=O) groups is 1. The van der Waals surface area contributed by atoms with Crippen molar-refractivity contribution >= 4 is 17.2 Å². The first-order chi connectivity index (χ1) is 14.0. The summed E-state index contributed by atoms with van der Waals surface area (Å²) in [6.45, 7) is 1.59. The third-order valence-corrected chi connectivity index (χ3v) is 5.64. The predicted molar refractivity (Wildman–Crippen MR) is 105 cm³/mol. The second-order valence-electron chi connectivity index (χ2n) is 6.99. The summed E-state index contributed by atoms with van der Waals surface area (Å²) in [5.41, 5.74) is 0.229. The Kier molecular flexibility index (Phi) is 5.07. The smallest absolute Gasteiger partial charge is 0.386 e. The van der Waals surface area contributed by atoms with Crippen LogP contribution in [0.1, 0.15) is 37.1 Å². The molecule has 1 fully saturated rings. The van der Waals surface area contributed by atoms with Crippen molar-refractivity contribution in [2.75, 3.05) is 0 Å². The molecule has 3 heterocycles. The number of nitrogens with zero attached hydrogens (tertiary/aromatic N) is 4. The molecular formula is C19H19N5O4S. The molecule has 29 heavy (non-hydrogen) atoms. The van der Waals surface area contributed by atoms with Gasteiger partial charge in [0.2, 0.25) is 5.91 Å². The van der Waals surface area contributed by atoms with Gasteiger partial charge in [0.15, 0.2) is 11.5 Å². The molecule has 0 aromatic carbocycles. The molecule has 0 unspecified atom stereocenters. The largest absolute Gasteiger partial charge is 0.437 e. The van der Waals surface area contributed by atoms with Crippen molar-refractivity contribution in [1.29, 1.82) is 0 Å². The summed E-state index contributed by atoms with van der Waals surface area (Å²) >= 11 is 1.48. The SMILES string of the molecule is C#CC1(NC(=O)Cn2nc(-c3cc(-c4csc(C)n4)on3)oc2=O)CCCCC1. The maximum atomic E-state index is 12.4. The Hall–Kier alpha value is -3.19. The van der Waals surface area contributed by atoms with Crippen LogP contribution in [0.15, 0.2) is 25.2 Å². The number of hydrogen-bond donors (Lipinski definition) is 1. The molecule has 0 atom stereocenters. The standard InChI is InChI=1S/C19H19N5O4S/c1-3-19(7-5-4-6-8-19)21-16(25)10-24-18(26)27-17(22-24)13-9-15(28-23-13)14-11-29-12(2)20-14/h1,9,11H,4-8,10H2,2H3,(H,21,25). The van der Waals surface area contributed by atoms with Gasteiger partial charge >= 0.3 is 5.76 Å². The first kappa shape index (κ1) is 19.1. The van der Waals surface area contributed by atoms with E-state index in [0.29, 0.717) is 11.5 Å². The molecule has 1 N–H and O–H groups in total. The van der Waals surface area contributed by atoms with Crippen LogP contribution in [0.5, 0.6) is 0 Å². The topological polar surface area (TPSA) is 116 Å². The minimum atomic E-state index is -0.761. The number of hydrogen-bond acceptors (Lipinski definition) is 8. The Bertz CT molecular complexity index is 1130. The van der Waals surface area contributed by atoms with Gasteiger partial charge in [0.25, 0.3) is 5.89 Å². The lowest BCUT2D eigenvalue weighted by Gasteiger charge is -2.33. The molecule has 9 nitrogen and oxygen atoms in total. The number of terminal acetylenes is 1. The summed E-state index contributed by atoms with van der Waals surface area (Å²) < 4.78 is 11.3. The quantitative estimate of drug-likeness (QED) is 0.638. The molecule has 3 aromatic rings. The number of rotatable bonds is 5. The van der Waals surface area contributed by atoms with Crippen LogP contribution in [0.4, 0.5) is 0 Å². The van der Waals surface area contributed by atoms with Crippen LogP contribution in [0.25, 0.3) is 23.0 Å². The molecule has 150 valence electrons. The molecule has 3 aromatic heterocycles. The fraction of sp³-hybridized carbons (Fsp3) is 0.421. The molecule has 10 heteroatoms. The first-order valence-corrected chi connectivity index (χ1v) is 10.1. The Morgan fingerprint density at radius 3 is 2.86 bits per heavy atom. The first-order valence-electron chi connectivity index (χ1n) is 9.24. The number of nitrogens with one attached hydrogen (secondary N) is 1.